The molecule has 0 aromatic heterocycles. The predicted octanol–water partition coefficient (Wildman–Crippen LogP) is 1.95. The van der Waals surface area contributed by atoms with Crippen LogP contribution in [-0.2, 0) is 9.53 Å². The molecular formula is C15H21NO4. The van der Waals surface area contributed by atoms with Crippen molar-refractivity contribution in [1.29, 1.82) is 0 Å². The lowest BCUT2D eigenvalue weighted by Gasteiger charge is -2.27. The largest absolute Gasteiger partial charge is 0.482 e. The number of ether oxygens (including phenoxy) is 2. The van der Waals surface area contributed by atoms with E-state index in [-0.39, 0.29) is 12.7 Å². The molecule has 0 atom stereocenters. The van der Waals surface area contributed by atoms with Gasteiger partial charge in [0.2, 0.25) is 0 Å². The second-order valence-electron chi connectivity index (χ2n) is 5.04. The fourth-order valence-corrected chi connectivity index (χ4v) is 2.30. The quantitative estimate of drug-likeness (QED) is 0.806. The van der Waals surface area contributed by atoms with Crippen molar-refractivity contribution >= 4 is 11.7 Å². The molecule has 1 fully saturated rings. The van der Waals surface area contributed by atoms with Crippen LogP contribution in [0.5, 0.6) is 5.75 Å². The Kier molecular flexibility index (Phi) is 5.24. The third-order valence-electron chi connectivity index (χ3n) is 3.51. The van der Waals surface area contributed by atoms with Crippen LogP contribution in [-0.4, -0.2) is 36.9 Å². The Balaban J connectivity index is 1.80. The first kappa shape index (κ1) is 14.7. The van der Waals surface area contributed by atoms with Crippen LogP contribution >= 0.6 is 0 Å². The number of hydrogen-bond acceptors (Lipinski definition) is 5. The van der Waals surface area contributed by atoms with Gasteiger partial charge in [0.15, 0.2) is 6.61 Å². The number of esters is 1. The van der Waals surface area contributed by atoms with Gasteiger partial charge >= 0.3 is 5.97 Å². The molecule has 0 radical (unpaired) electrons. The van der Waals surface area contributed by atoms with E-state index in [2.05, 4.69) is 10.1 Å². The van der Waals surface area contributed by atoms with Crippen LogP contribution in [0.15, 0.2) is 24.3 Å². The molecule has 0 aliphatic heterocycles. The summed E-state index contributed by atoms with van der Waals surface area (Å²) in [6.07, 6.45) is 3.56. The second kappa shape index (κ2) is 7.14. The van der Waals surface area contributed by atoms with Crippen LogP contribution in [0.2, 0.25) is 0 Å². The third kappa shape index (κ3) is 4.42. The van der Waals surface area contributed by atoms with E-state index in [9.17, 15) is 9.90 Å². The van der Waals surface area contributed by atoms with E-state index in [0.29, 0.717) is 11.8 Å². The van der Waals surface area contributed by atoms with Crippen molar-refractivity contribution in [2.75, 3.05) is 19.0 Å². The van der Waals surface area contributed by atoms with E-state index in [0.717, 1.165) is 31.4 Å². The summed E-state index contributed by atoms with van der Waals surface area (Å²) >= 11 is 0. The third-order valence-corrected chi connectivity index (χ3v) is 3.51. The smallest absolute Gasteiger partial charge is 0.343 e. The zero-order valence-corrected chi connectivity index (χ0v) is 11.7. The van der Waals surface area contributed by atoms with Gasteiger partial charge in [0, 0.05) is 11.7 Å². The molecule has 1 aliphatic rings. The Morgan fingerprint density at radius 3 is 2.50 bits per heavy atom. The van der Waals surface area contributed by atoms with Crippen LogP contribution in [0.1, 0.15) is 25.7 Å². The first-order chi connectivity index (χ1) is 9.67. The van der Waals surface area contributed by atoms with Crippen molar-refractivity contribution < 1.29 is 19.4 Å². The zero-order chi connectivity index (χ0) is 14.4. The number of methoxy groups -OCH3 is 1. The molecule has 0 bridgehead atoms. The maximum atomic E-state index is 11.0. The summed E-state index contributed by atoms with van der Waals surface area (Å²) < 4.78 is 9.79. The van der Waals surface area contributed by atoms with Crippen molar-refractivity contribution in [3.05, 3.63) is 24.3 Å². The maximum Gasteiger partial charge on any atom is 0.343 e. The minimum atomic E-state index is -0.395. The lowest BCUT2D eigenvalue weighted by molar-refractivity contribution is -0.142. The lowest BCUT2D eigenvalue weighted by atomic mass is 9.93. The van der Waals surface area contributed by atoms with Gasteiger partial charge in [-0.1, -0.05) is 0 Å². The second-order valence-corrected chi connectivity index (χ2v) is 5.04. The Bertz CT molecular complexity index is 424. The fourth-order valence-electron chi connectivity index (χ4n) is 2.30. The fraction of sp³-hybridized carbons (Fsp3) is 0.533. The van der Waals surface area contributed by atoms with Crippen LogP contribution < -0.4 is 10.1 Å². The first-order valence-corrected chi connectivity index (χ1v) is 6.91. The van der Waals surface area contributed by atoms with E-state index in [1.807, 2.05) is 24.3 Å². The normalized spacial score (nSPS) is 22.1. The highest BCUT2D eigenvalue weighted by Gasteiger charge is 2.18. The summed E-state index contributed by atoms with van der Waals surface area (Å²) in [5.41, 5.74) is 1.02. The summed E-state index contributed by atoms with van der Waals surface area (Å²) in [5.74, 6) is 0.244. The number of hydrogen-bond donors (Lipinski definition) is 2. The Labute approximate surface area is 118 Å². The van der Waals surface area contributed by atoms with Crippen molar-refractivity contribution in [2.24, 2.45) is 0 Å². The molecule has 2 N–H and O–H groups in total. The van der Waals surface area contributed by atoms with Gasteiger partial charge in [0.1, 0.15) is 5.75 Å². The number of aliphatic hydroxyl groups excluding tert-OH is 1. The molecule has 0 spiro atoms. The standard InChI is InChI=1S/C15H21NO4/c1-19-15(18)10-20-14-8-4-12(5-9-14)16-11-2-6-13(17)7-3-11/h4-5,8-9,11,13,16-17H,2-3,6-7,10H2,1H3. The molecule has 20 heavy (non-hydrogen) atoms. The van der Waals surface area contributed by atoms with Crippen molar-refractivity contribution in [3.8, 4) is 5.75 Å². The van der Waals surface area contributed by atoms with E-state index >= 15 is 0 Å². The Morgan fingerprint density at radius 1 is 1.25 bits per heavy atom. The van der Waals surface area contributed by atoms with Crippen LogP contribution in [0.25, 0.3) is 0 Å². The Hall–Kier alpha value is -1.75. The van der Waals surface area contributed by atoms with Crippen LogP contribution in [0, 0.1) is 0 Å². The molecule has 0 heterocycles. The average molecular weight is 279 g/mol. The van der Waals surface area contributed by atoms with Crippen LogP contribution in [0.3, 0.4) is 0 Å². The predicted molar refractivity (Wildman–Crippen MR) is 75.8 cm³/mol. The highest BCUT2D eigenvalue weighted by molar-refractivity contribution is 5.70. The summed E-state index contributed by atoms with van der Waals surface area (Å²) in [5, 5.41) is 12.9. The van der Waals surface area contributed by atoms with Gasteiger partial charge < -0.3 is 19.9 Å². The number of aliphatic hydroxyl groups is 1. The summed E-state index contributed by atoms with van der Waals surface area (Å²) in [4.78, 5) is 11.0. The molecular weight excluding hydrogens is 258 g/mol. The van der Waals surface area contributed by atoms with Gasteiger partial charge in [-0.2, -0.15) is 0 Å². The van der Waals surface area contributed by atoms with Crippen LogP contribution in [0.4, 0.5) is 5.69 Å². The van der Waals surface area contributed by atoms with Gasteiger partial charge in [0.05, 0.1) is 13.2 Å². The topological polar surface area (TPSA) is 67.8 Å². The molecule has 0 unspecified atom stereocenters. The van der Waals surface area contributed by atoms with Gasteiger partial charge in [-0.25, -0.2) is 4.79 Å². The van der Waals surface area contributed by atoms with Crippen molar-refractivity contribution in [3.63, 3.8) is 0 Å². The van der Waals surface area contributed by atoms with Gasteiger partial charge in [-0.05, 0) is 49.9 Å². The molecule has 1 aromatic rings. The molecule has 2 rings (SSSR count). The van der Waals surface area contributed by atoms with Crippen molar-refractivity contribution in [2.45, 2.75) is 37.8 Å². The summed E-state index contributed by atoms with van der Waals surface area (Å²) in [6, 6.07) is 7.92. The van der Waals surface area contributed by atoms with Crippen molar-refractivity contribution in [1.82, 2.24) is 0 Å². The first-order valence-electron chi connectivity index (χ1n) is 6.91. The SMILES string of the molecule is COC(=O)COc1ccc(NC2CCC(O)CC2)cc1. The molecule has 1 aromatic carbocycles. The Morgan fingerprint density at radius 2 is 1.90 bits per heavy atom. The molecule has 1 aliphatic carbocycles. The maximum absolute atomic E-state index is 11.0. The summed E-state index contributed by atoms with van der Waals surface area (Å²) in [6.45, 7) is -0.0796. The number of benzene rings is 1. The number of anilines is 1. The van der Waals surface area contributed by atoms with E-state index in [1.165, 1.54) is 7.11 Å². The number of carbonyl (C=O) groups is 1. The van der Waals surface area contributed by atoms with E-state index < -0.39 is 5.97 Å². The minimum absolute atomic E-state index is 0.0796. The number of nitrogens with one attached hydrogen (secondary N) is 1. The van der Waals surface area contributed by atoms with E-state index in [1.54, 1.807) is 0 Å². The molecule has 110 valence electrons. The minimum Gasteiger partial charge on any atom is -0.482 e. The highest BCUT2D eigenvalue weighted by atomic mass is 16.6. The summed E-state index contributed by atoms with van der Waals surface area (Å²) in [7, 11) is 1.33. The van der Waals surface area contributed by atoms with Gasteiger partial charge in [-0.15, -0.1) is 0 Å². The molecule has 0 amide bonds. The monoisotopic (exact) mass is 279 g/mol. The lowest BCUT2D eigenvalue weighted by Crippen LogP contribution is -2.28. The van der Waals surface area contributed by atoms with Gasteiger partial charge in [-0.3, -0.25) is 0 Å². The van der Waals surface area contributed by atoms with Gasteiger partial charge in [0.25, 0.3) is 0 Å². The molecule has 1 saturated carbocycles. The molecule has 5 nitrogen and oxygen atoms in total. The number of carbonyl (C=O) groups excluding carboxylic acids is 1. The average Bonchev–Trinajstić information content (AvgIpc) is 2.48. The zero-order valence-electron chi connectivity index (χ0n) is 11.7. The molecule has 5 heteroatoms. The highest BCUT2D eigenvalue weighted by Crippen LogP contribution is 2.23. The molecule has 0 saturated heterocycles. The van der Waals surface area contributed by atoms with E-state index in [4.69, 9.17) is 4.74 Å². The number of rotatable bonds is 5.